The highest BCUT2D eigenvalue weighted by atomic mass is 15.1. The topological polar surface area (TPSA) is 3.24 Å². The van der Waals surface area contributed by atoms with Gasteiger partial charge < -0.3 is 4.90 Å². The molecule has 1 unspecified atom stereocenters. The molecule has 0 aromatic carbocycles. The van der Waals surface area contributed by atoms with Gasteiger partial charge in [-0.3, -0.25) is 0 Å². The van der Waals surface area contributed by atoms with E-state index < -0.39 is 0 Å². The first kappa shape index (κ1) is 15.6. The molecule has 1 heteroatoms. The van der Waals surface area contributed by atoms with Crippen LogP contribution in [0.4, 0.5) is 0 Å². The minimum absolute atomic E-state index is 0.448. The monoisotopic (exact) mass is 257 g/mol. The minimum atomic E-state index is 0.448. The Morgan fingerprint density at radius 3 is 2.47 bits per heavy atom. The van der Waals surface area contributed by atoms with Gasteiger partial charge in [-0.05, 0) is 44.0 Å². The summed E-state index contributed by atoms with van der Waals surface area (Å²) in [6.45, 7) is 12.0. The van der Waals surface area contributed by atoms with Crippen LogP contribution in [0.3, 0.4) is 0 Å². The first-order valence-electron chi connectivity index (χ1n) is 7.10. The Kier molecular flexibility index (Phi) is 6.41. The molecule has 0 aliphatic heterocycles. The van der Waals surface area contributed by atoms with Crippen LogP contribution in [0.25, 0.3) is 0 Å². The Bertz CT molecular complexity index is 394. The predicted molar refractivity (Wildman–Crippen MR) is 85.9 cm³/mol. The van der Waals surface area contributed by atoms with E-state index in [-0.39, 0.29) is 0 Å². The van der Waals surface area contributed by atoms with Crippen LogP contribution in [0, 0.1) is 5.92 Å². The second kappa shape index (κ2) is 7.83. The molecule has 0 spiro atoms. The molecule has 1 fully saturated rings. The van der Waals surface area contributed by atoms with Crippen molar-refractivity contribution in [2.24, 2.45) is 5.92 Å². The zero-order valence-electron chi connectivity index (χ0n) is 12.6. The van der Waals surface area contributed by atoms with Gasteiger partial charge in [0, 0.05) is 7.05 Å². The van der Waals surface area contributed by atoms with Crippen molar-refractivity contribution in [3.05, 3.63) is 60.9 Å². The minimum Gasteiger partial charge on any atom is -0.373 e. The zero-order valence-corrected chi connectivity index (χ0v) is 12.6. The molecule has 19 heavy (non-hydrogen) atoms. The molecule has 1 atom stereocenters. The highest BCUT2D eigenvalue weighted by molar-refractivity contribution is 5.32. The average Bonchev–Trinajstić information content (AvgIpc) is 3.17. The molecular weight excluding hydrogens is 230 g/mol. The van der Waals surface area contributed by atoms with Crippen LogP contribution in [0.15, 0.2) is 60.9 Å². The van der Waals surface area contributed by atoms with Gasteiger partial charge in [-0.2, -0.15) is 0 Å². The molecule has 0 N–H and O–H groups in total. The Morgan fingerprint density at radius 2 is 2.00 bits per heavy atom. The number of likely N-dealkylation sites (N-methyl/N-ethyl adjacent to an activating group) is 1. The fourth-order valence-electron chi connectivity index (χ4n) is 2.34. The highest BCUT2D eigenvalue weighted by Gasteiger charge is 2.28. The van der Waals surface area contributed by atoms with Crippen LogP contribution in [0.1, 0.15) is 33.1 Å². The molecule has 0 saturated heterocycles. The Labute approximate surface area is 118 Å². The van der Waals surface area contributed by atoms with Gasteiger partial charge in [0.2, 0.25) is 0 Å². The highest BCUT2D eigenvalue weighted by Crippen LogP contribution is 2.37. The fourth-order valence-corrected chi connectivity index (χ4v) is 2.34. The first-order valence-corrected chi connectivity index (χ1v) is 7.10. The summed E-state index contributed by atoms with van der Waals surface area (Å²) in [7, 11) is 2.15. The third kappa shape index (κ3) is 5.34. The van der Waals surface area contributed by atoms with Gasteiger partial charge in [0.1, 0.15) is 0 Å². The van der Waals surface area contributed by atoms with Crippen molar-refractivity contribution in [3.63, 3.8) is 0 Å². The van der Waals surface area contributed by atoms with Crippen LogP contribution < -0.4 is 0 Å². The molecule has 0 amide bonds. The van der Waals surface area contributed by atoms with E-state index in [1.54, 1.807) is 6.08 Å². The van der Waals surface area contributed by atoms with Crippen molar-refractivity contribution in [2.45, 2.75) is 39.2 Å². The summed E-state index contributed by atoms with van der Waals surface area (Å²) in [5, 5.41) is 0. The second-order valence-electron chi connectivity index (χ2n) is 5.35. The zero-order chi connectivity index (χ0) is 14.3. The molecule has 0 bridgehead atoms. The molecular formula is C18H27N. The number of hydrogen-bond acceptors (Lipinski definition) is 1. The van der Waals surface area contributed by atoms with Crippen LogP contribution in [0.2, 0.25) is 0 Å². The molecule has 1 aliphatic rings. The normalized spacial score (nSPS) is 17.9. The van der Waals surface area contributed by atoms with Crippen LogP contribution in [-0.2, 0) is 0 Å². The quantitative estimate of drug-likeness (QED) is 0.561. The Hall–Kier alpha value is -1.50. The van der Waals surface area contributed by atoms with Gasteiger partial charge in [0.15, 0.2) is 0 Å². The van der Waals surface area contributed by atoms with E-state index in [1.807, 2.05) is 12.2 Å². The summed E-state index contributed by atoms with van der Waals surface area (Å²) in [6.07, 6.45) is 16.2. The number of hydrogen-bond donors (Lipinski definition) is 0. The van der Waals surface area contributed by atoms with E-state index in [2.05, 4.69) is 57.3 Å². The maximum Gasteiger partial charge on any atom is 0.0535 e. The van der Waals surface area contributed by atoms with Crippen molar-refractivity contribution >= 4 is 0 Å². The van der Waals surface area contributed by atoms with E-state index in [9.17, 15) is 0 Å². The summed E-state index contributed by atoms with van der Waals surface area (Å²) in [6, 6.07) is 0.448. The smallest absolute Gasteiger partial charge is 0.0535 e. The summed E-state index contributed by atoms with van der Waals surface area (Å²) >= 11 is 0. The average molecular weight is 257 g/mol. The number of allylic oxidation sites excluding steroid dienone is 5. The summed E-state index contributed by atoms with van der Waals surface area (Å²) < 4.78 is 0. The first-order chi connectivity index (χ1) is 9.10. The molecule has 104 valence electrons. The van der Waals surface area contributed by atoms with Gasteiger partial charge >= 0.3 is 0 Å². The molecule has 1 saturated carbocycles. The lowest BCUT2D eigenvalue weighted by Gasteiger charge is -2.30. The molecule has 0 radical (unpaired) electrons. The maximum absolute atomic E-state index is 4.12. The van der Waals surface area contributed by atoms with Crippen molar-refractivity contribution in [1.82, 2.24) is 4.90 Å². The van der Waals surface area contributed by atoms with E-state index in [4.69, 9.17) is 0 Å². The molecule has 0 heterocycles. The van der Waals surface area contributed by atoms with Crippen molar-refractivity contribution < 1.29 is 0 Å². The van der Waals surface area contributed by atoms with Gasteiger partial charge in [0.25, 0.3) is 0 Å². The van der Waals surface area contributed by atoms with Gasteiger partial charge in [-0.25, -0.2) is 0 Å². The lowest BCUT2D eigenvalue weighted by molar-refractivity contribution is 0.341. The Morgan fingerprint density at radius 1 is 1.32 bits per heavy atom. The second-order valence-corrected chi connectivity index (χ2v) is 5.35. The van der Waals surface area contributed by atoms with Gasteiger partial charge in [-0.1, -0.05) is 55.9 Å². The van der Waals surface area contributed by atoms with Gasteiger partial charge in [-0.15, -0.1) is 0 Å². The summed E-state index contributed by atoms with van der Waals surface area (Å²) in [4.78, 5) is 2.30. The van der Waals surface area contributed by atoms with Crippen molar-refractivity contribution in [2.75, 3.05) is 7.05 Å². The molecule has 1 aliphatic carbocycles. The van der Waals surface area contributed by atoms with Crippen LogP contribution >= 0.6 is 0 Å². The Balaban J connectivity index is 2.76. The molecule has 0 aromatic heterocycles. The van der Waals surface area contributed by atoms with Crippen molar-refractivity contribution in [3.8, 4) is 0 Å². The summed E-state index contributed by atoms with van der Waals surface area (Å²) in [5.41, 5.74) is 2.54. The standard InChI is InChI=1S/C18H27N/c1-6-8-9-10-13-19(5)18(14-16-11-12-16)17(7-2)15(3)4/h6-10,13,16,18H,1,3,11-12,14H2,2,4-5H3/b9-8-,13-10+,17-7-. The maximum atomic E-state index is 4.12. The fraction of sp³-hybridized carbons (Fsp3) is 0.444. The number of nitrogens with zero attached hydrogens (tertiary/aromatic N) is 1. The van der Waals surface area contributed by atoms with E-state index in [0.717, 1.165) is 5.92 Å². The lowest BCUT2D eigenvalue weighted by atomic mass is 9.95. The largest absolute Gasteiger partial charge is 0.373 e. The third-order valence-electron chi connectivity index (χ3n) is 3.59. The predicted octanol–water partition coefficient (Wildman–Crippen LogP) is 4.87. The van der Waals surface area contributed by atoms with Gasteiger partial charge in [0.05, 0.1) is 6.04 Å². The molecule has 0 aromatic rings. The summed E-state index contributed by atoms with van der Waals surface area (Å²) in [5.74, 6) is 0.902. The van der Waals surface area contributed by atoms with Crippen molar-refractivity contribution in [1.29, 1.82) is 0 Å². The van der Waals surface area contributed by atoms with E-state index in [1.165, 1.54) is 30.4 Å². The van der Waals surface area contributed by atoms with E-state index >= 15 is 0 Å². The molecule has 1 rings (SSSR count). The van der Waals surface area contributed by atoms with Crippen LogP contribution in [-0.4, -0.2) is 18.0 Å². The third-order valence-corrected chi connectivity index (χ3v) is 3.59. The SMILES string of the molecule is C=C/C=C\C=C\N(C)C(CC1CC1)/C(=C\C)C(=C)C. The van der Waals surface area contributed by atoms with E-state index in [0.29, 0.717) is 6.04 Å². The van der Waals surface area contributed by atoms with Crippen LogP contribution in [0.5, 0.6) is 0 Å². The number of rotatable bonds is 8. The molecule has 1 nitrogen and oxygen atoms in total. The lowest BCUT2D eigenvalue weighted by Crippen LogP contribution is -2.30.